The second kappa shape index (κ2) is 4.91. The maximum absolute atomic E-state index is 13.4. The first-order valence-electron chi connectivity index (χ1n) is 5.56. The van der Waals surface area contributed by atoms with Crippen molar-refractivity contribution in [1.82, 2.24) is 0 Å². The molecule has 3 heteroatoms. The highest BCUT2D eigenvalue weighted by Gasteiger charge is 2.25. The minimum absolute atomic E-state index is 0.0707. The smallest absolute Gasteiger partial charge is 0.126 e. The maximum atomic E-state index is 13.4. The molecule has 0 heterocycles. The summed E-state index contributed by atoms with van der Waals surface area (Å²) in [6.45, 7) is 6.12. The summed E-state index contributed by atoms with van der Waals surface area (Å²) in [6.07, 6.45) is 1.27. The Morgan fingerprint density at radius 1 is 1.31 bits per heavy atom. The summed E-state index contributed by atoms with van der Waals surface area (Å²) >= 11 is 0. The SMILES string of the molecule is CCC(C)(C)C(N)Cc1cc(F)ccc1F. The third-order valence-corrected chi connectivity index (χ3v) is 3.36. The fourth-order valence-corrected chi connectivity index (χ4v) is 1.48. The number of hydrogen-bond acceptors (Lipinski definition) is 1. The van der Waals surface area contributed by atoms with Gasteiger partial charge in [-0.3, -0.25) is 0 Å². The standard InChI is InChI=1S/C13H19F2N/c1-4-13(2,3)12(16)8-9-7-10(14)5-6-11(9)15/h5-7,12H,4,8,16H2,1-3H3. The molecule has 0 bridgehead atoms. The van der Waals surface area contributed by atoms with E-state index in [9.17, 15) is 8.78 Å². The summed E-state index contributed by atoms with van der Waals surface area (Å²) in [5, 5.41) is 0. The van der Waals surface area contributed by atoms with Crippen LogP contribution in [-0.2, 0) is 6.42 Å². The lowest BCUT2D eigenvalue weighted by Gasteiger charge is -2.30. The van der Waals surface area contributed by atoms with Crippen LogP contribution in [0.1, 0.15) is 32.8 Å². The molecule has 0 spiro atoms. The van der Waals surface area contributed by atoms with Gasteiger partial charge < -0.3 is 5.73 Å². The van der Waals surface area contributed by atoms with E-state index in [-0.39, 0.29) is 17.3 Å². The van der Waals surface area contributed by atoms with Gasteiger partial charge in [0.15, 0.2) is 0 Å². The molecule has 1 aromatic rings. The molecule has 1 atom stereocenters. The van der Waals surface area contributed by atoms with Crippen LogP contribution in [-0.4, -0.2) is 6.04 Å². The molecule has 1 rings (SSSR count). The molecule has 0 aliphatic carbocycles. The minimum atomic E-state index is -0.419. The van der Waals surface area contributed by atoms with Crippen LogP contribution in [0.15, 0.2) is 18.2 Å². The van der Waals surface area contributed by atoms with E-state index in [1.807, 2.05) is 20.8 Å². The van der Waals surface area contributed by atoms with Crippen LogP contribution in [0.3, 0.4) is 0 Å². The van der Waals surface area contributed by atoms with E-state index in [1.54, 1.807) is 0 Å². The monoisotopic (exact) mass is 227 g/mol. The minimum Gasteiger partial charge on any atom is -0.327 e. The Balaban J connectivity index is 2.84. The van der Waals surface area contributed by atoms with Crippen molar-refractivity contribution in [1.29, 1.82) is 0 Å². The predicted octanol–water partition coefficient (Wildman–Crippen LogP) is 3.27. The molecule has 0 fully saturated rings. The molecule has 0 saturated heterocycles. The molecule has 90 valence electrons. The van der Waals surface area contributed by atoms with Gasteiger partial charge in [-0.05, 0) is 42.0 Å². The van der Waals surface area contributed by atoms with Crippen molar-refractivity contribution in [2.45, 2.75) is 39.7 Å². The Kier molecular flexibility index (Phi) is 4.03. The highest BCUT2D eigenvalue weighted by Crippen LogP contribution is 2.26. The molecular weight excluding hydrogens is 208 g/mol. The summed E-state index contributed by atoms with van der Waals surface area (Å²) in [6, 6.07) is 3.32. The van der Waals surface area contributed by atoms with Gasteiger partial charge in [0.05, 0.1) is 0 Å². The van der Waals surface area contributed by atoms with Gasteiger partial charge in [-0.1, -0.05) is 20.8 Å². The summed E-state index contributed by atoms with van der Waals surface area (Å²) in [5.74, 6) is -0.804. The zero-order chi connectivity index (χ0) is 12.3. The van der Waals surface area contributed by atoms with Crippen LogP contribution in [0.4, 0.5) is 8.78 Å². The maximum Gasteiger partial charge on any atom is 0.126 e. The van der Waals surface area contributed by atoms with Crippen LogP contribution in [0.25, 0.3) is 0 Å². The number of benzene rings is 1. The van der Waals surface area contributed by atoms with E-state index in [0.29, 0.717) is 12.0 Å². The Labute approximate surface area is 95.7 Å². The second-order valence-electron chi connectivity index (χ2n) is 4.89. The molecule has 16 heavy (non-hydrogen) atoms. The first-order chi connectivity index (χ1) is 7.36. The molecule has 1 nitrogen and oxygen atoms in total. The lowest BCUT2D eigenvalue weighted by atomic mass is 9.79. The summed E-state index contributed by atoms with van der Waals surface area (Å²) < 4.78 is 26.4. The lowest BCUT2D eigenvalue weighted by Crippen LogP contribution is -2.38. The van der Waals surface area contributed by atoms with Gasteiger partial charge in [0, 0.05) is 6.04 Å². The van der Waals surface area contributed by atoms with Gasteiger partial charge in [-0.15, -0.1) is 0 Å². The number of hydrogen-bond donors (Lipinski definition) is 1. The molecule has 0 saturated carbocycles. The van der Waals surface area contributed by atoms with E-state index >= 15 is 0 Å². The van der Waals surface area contributed by atoms with Crippen LogP contribution < -0.4 is 5.73 Å². The Bertz CT molecular complexity index is 361. The zero-order valence-electron chi connectivity index (χ0n) is 10.1. The van der Waals surface area contributed by atoms with Crippen molar-refractivity contribution in [3.05, 3.63) is 35.4 Å². The first kappa shape index (κ1) is 13.1. The van der Waals surface area contributed by atoms with E-state index < -0.39 is 5.82 Å². The number of rotatable bonds is 4. The third-order valence-electron chi connectivity index (χ3n) is 3.36. The fraction of sp³-hybridized carbons (Fsp3) is 0.538. The van der Waals surface area contributed by atoms with E-state index in [0.717, 1.165) is 18.6 Å². The van der Waals surface area contributed by atoms with Crippen molar-refractivity contribution < 1.29 is 8.78 Å². The van der Waals surface area contributed by atoms with Crippen molar-refractivity contribution >= 4 is 0 Å². The van der Waals surface area contributed by atoms with Crippen LogP contribution in [0.5, 0.6) is 0 Å². The van der Waals surface area contributed by atoms with Gasteiger partial charge in [-0.2, -0.15) is 0 Å². The molecule has 0 radical (unpaired) electrons. The van der Waals surface area contributed by atoms with Crippen molar-refractivity contribution in [3.8, 4) is 0 Å². The topological polar surface area (TPSA) is 26.0 Å². The normalized spacial score (nSPS) is 13.9. The largest absolute Gasteiger partial charge is 0.327 e. The van der Waals surface area contributed by atoms with Crippen molar-refractivity contribution in [3.63, 3.8) is 0 Å². The van der Waals surface area contributed by atoms with E-state index in [4.69, 9.17) is 5.73 Å². The molecule has 1 unspecified atom stereocenters. The van der Waals surface area contributed by atoms with Gasteiger partial charge in [0.1, 0.15) is 11.6 Å². The summed E-state index contributed by atoms with van der Waals surface area (Å²) in [7, 11) is 0. The van der Waals surface area contributed by atoms with Crippen LogP contribution >= 0.6 is 0 Å². The highest BCUT2D eigenvalue weighted by molar-refractivity contribution is 5.20. The number of halogens is 2. The van der Waals surface area contributed by atoms with Crippen molar-refractivity contribution in [2.75, 3.05) is 0 Å². The average Bonchev–Trinajstić information content (AvgIpc) is 2.23. The third kappa shape index (κ3) is 3.01. The van der Waals surface area contributed by atoms with Gasteiger partial charge >= 0.3 is 0 Å². The predicted molar refractivity (Wildman–Crippen MR) is 62.1 cm³/mol. The van der Waals surface area contributed by atoms with Gasteiger partial charge in [0.2, 0.25) is 0 Å². The van der Waals surface area contributed by atoms with Crippen molar-refractivity contribution in [2.24, 2.45) is 11.1 Å². The second-order valence-corrected chi connectivity index (χ2v) is 4.89. The highest BCUT2D eigenvalue weighted by atomic mass is 19.1. The Hall–Kier alpha value is -0.960. The fourth-order valence-electron chi connectivity index (χ4n) is 1.48. The summed E-state index contributed by atoms with van der Waals surface area (Å²) in [4.78, 5) is 0. The first-order valence-corrected chi connectivity index (χ1v) is 5.56. The average molecular weight is 227 g/mol. The Morgan fingerprint density at radius 2 is 1.94 bits per heavy atom. The zero-order valence-corrected chi connectivity index (χ0v) is 10.1. The van der Waals surface area contributed by atoms with Crippen LogP contribution in [0.2, 0.25) is 0 Å². The number of nitrogens with two attached hydrogens (primary N) is 1. The van der Waals surface area contributed by atoms with Gasteiger partial charge in [0.25, 0.3) is 0 Å². The van der Waals surface area contributed by atoms with E-state index in [2.05, 4.69) is 0 Å². The molecule has 0 amide bonds. The molecule has 0 aromatic heterocycles. The van der Waals surface area contributed by atoms with E-state index in [1.165, 1.54) is 6.07 Å². The summed E-state index contributed by atoms with van der Waals surface area (Å²) in [5.41, 5.74) is 6.31. The lowest BCUT2D eigenvalue weighted by molar-refractivity contribution is 0.271. The molecule has 1 aromatic carbocycles. The molecule has 0 aliphatic rings. The Morgan fingerprint density at radius 3 is 2.50 bits per heavy atom. The quantitative estimate of drug-likeness (QED) is 0.839. The molecule has 2 N–H and O–H groups in total. The molecular formula is C13H19F2N. The van der Waals surface area contributed by atoms with Gasteiger partial charge in [-0.25, -0.2) is 8.78 Å². The molecule has 0 aliphatic heterocycles. The van der Waals surface area contributed by atoms with Crippen LogP contribution in [0, 0.1) is 17.0 Å².